The van der Waals surface area contributed by atoms with Crippen LogP contribution in [0.15, 0.2) is 0 Å². The van der Waals surface area contributed by atoms with Gasteiger partial charge in [-0.3, -0.25) is 4.79 Å². The molecule has 0 aromatic rings. The third-order valence-electron chi connectivity index (χ3n) is 3.69. The summed E-state index contributed by atoms with van der Waals surface area (Å²) in [7, 11) is 0. The van der Waals surface area contributed by atoms with Crippen molar-refractivity contribution < 1.29 is 19.4 Å². The number of fused-ring (bicyclic) bond motifs is 2. The first-order valence-electron chi connectivity index (χ1n) is 5.46. The lowest BCUT2D eigenvalue weighted by Crippen LogP contribution is -2.43. The van der Waals surface area contributed by atoms with Crippen LogP contribution in [0, 0.1) is 5.92 Å². The second-order valence-corrected chi connectivity index (χ2v) is 4.96. The first-order valence-corrected chi connectivity index (χ1v) is 5.46. The van der Waals surface area contributed by atoms with E-state index in [9.17, 15) is 9.90 Å². The highest BCUT2D eigenvalue weighted by Gasteiger charge is 2.64. The largest absolute Gasteiger partial charge is 0.466 e. The summed E-state index contributed by atoms with van der Waals surface area (Å²) in [5.41, 5.74) is -1.10. The molecule has 0 spiro atoms. The van der Waals surface area contributed by atoms with E-state index in [1.54, 1.807) is 6.92 Å². The van der Waals surface area contributed by atoms with E-state index < -0.39 is 17.3 Å². The van der Waals surface area contributed by atoms with Crippen LogP contribution in [-0.4, -0.2) is 35.0 Å². The van der Waals surface area contributed by atoms with Crippen molar-refractivity contribution in [2.24, 2.45) is 5.92 Å². The molecule has 2 aliphatic heterocycles. The number of rotatable bonds is 2. The Hall–Kier alpha value is -0.610. The Kier molecular flexibility index (Phi) is 2.32. The first kappa shape index (κ1) is 10.9. The minimum absolute atomic E-state index is 0.198. The van der Waals surface area contributed by atoms with Gasteiger partial charge in [0, 0.05) is 6.42 Å². The molecule has 1 N–H and O–H groups in total. The second kappa shape index (κ2) is 3.19. The average molecular weight is 214 g/mol. The Morgan fingerprint density at radius 2 is 2.13 bits per heavy atom. The van der Waals surface area contributed by atoms with E-state index in [-0.39, 0.29) is 11.9 Å². The Bertz CT molecular complexity index is 290. The Labute approximate surface area is 89.6 Å². The molecule has 2 heterocycles. The zero-order valence-corrected chi connectivity index (χ0v) is 9.45. The molecule has 0 aliphatic carbocycles. The first-order chi connectivity index (χ1) is 6.91. The number of hydrogen-bond donors (Lipinski definition) is 1. The lowest BCUT2D eigenvalue weighted by molar-refractivity contribution is -0.153. The van der Waals surface area contributed by atoms with Gasteiger partial charge in [-0.25, -0.2) is 0 Å². The highest BCUT2D eigenvalue weighted by atomic mass is 16.6. The number of aliphatic hydroxyl groups excluding tert-OH is 1. The summed E-state index contributed by atoms with van der Waals surface area (Å²) < 4.78 is 10.8. The van der Waals surface area contributed by atoms with Gasteiger partial charge in [-0.15, -0.1) is 0 Å². The van der Waals surface area contributed by atoms with Crippen LogP contribution in [-0.2, 0) is 14.3 Å². The third kappa shape index (κ3) is 1.47. The SMILES string of the molecule is CCOC(=O)C1CC2(C)OC1(C)CC2O. The molecule has 0 radical (unpaired) electrons. The summed E-state index contributed by atoms with van der Waals surface area (Å²) in [6.45, 7) is 5.94. The number of esters is 1. The van der Waals surface area contributed by atoms with E-state index >= 15 is 0 Å². The number of carbonyl (C=O) groups is 1. The molecule has 4 nitrogen and oxygen atoms in total. The molecule has 0 aromatic heterocycles. The lowest BCUT2D eigenvalue weighted by Gasteiger charge is -2.29. The molecule has 0 saturated carbocycles. The topological polar surface area (TPSA) is 55.8 Å². The van der Waals surface area contributed by atoms with Gasteiger partial charge >= 0.3 is 5.97 Å². The van der Waals surface area contributed by atoms with Gasteiger partial charge in [0.2, 0.25) is 0 Å². The van der Waals surface area contributed by atoms with E-state index in [0.29, 0.717) is 19.4 Å². The van der Waals surface area contributed by atoms with Crippen molar-refractivity contribution in [3.8, 4) is 0 Å². The molecular weight excluding hydrogens is 196 g/mol. The van der Waals surface area contributed by atoms with Crippen molar-refractivity contribution in [2.45, 2.75) is 50.9 Å². The molecule has 0 amide bonds. The normalized spacial score (nSPS) is 48.3. The summed E-state index contributed by atoms with van der Waals surface area (Å²) in [6, 6.07) is 0. The number of aliphatic hydroxyl groups is 1. The van der Waals surface area contributed by atoms with E-state index in [0.717, 1.165) is 0 Å². The van der Waals surface area contributed by atoms with Crippen molar-refractivity contribution in [3.05, 3.63) is 0 Å². The summed E-state index contributed by atoms with van der Waals surface area (Å²) >= 11 is 0. The maximum absolute atomic E-state index is 11.7. The van der Waals surface area contributed by atoms with Gasteiger partial charge in [-0.2, -0.15) is 0 Å². The van der Waals surface area contributed by atoms with Crippen LogP contribution >= 0.6 is 0 Å². The molecule has 2 saturated heterocycles. The number of ether oxygens (including phenoxy) is 2. The zero-order valence-electron chi connectivity index (χ0n) is 9.45. The van der Waals surface area contributed by atoms with Crippen molar-refractivity contribution in [3.63, 3.8) is 0 Å². The predicted octanol–water partition coefficient (Wildman–Crippen LogP) is 0.868. The maximum atomic E-state index is 11.7. The summed E-state index contributed by atoms with van der Waals surface area (Å²) in [5, 5.41) is 9.80. The van der Waals surface area contributed by atoms with E-state index in [4.69, 9.17) is 9.47 Å². The lowest BCUT2D eigenvalue weighted by atomic mass is 9.74. The average Bonchev–Trinajstić information content (AvgIpc) is 2.50. The molecule has 86 valence electrons. The molecule has 15 heavy (non-hydrogen) atoms. The van der Waals surface area contributed by atoms with Gasteiger partial charge < -0.3 is 14.6 Å². The summed E-state index contributed by atoms with van der Waals surface area (Å²) in [4.78, 5) is 11.7. The predicted molar refractivity (Wildman–Crippen MR) is 53.3 cm³/mol. The smallest absolute Gasteiger partial charge is 0.311 e. The second-order valence-electron chi connectivity index (χ2n) is 4.96. The fourth-order valence-electron chi connectivity index (χ4n) is 2.83. The van der Waals surface area contributed by atoms with Crippen LogP contribution in [0.5, 0.6) is 0 Å². The monoisotopic (exact) mass is 214 g/mol. The summed E-state index contributed by atoms with van der Waals surface area (Å²) in [6.07, 6.45) is 0.615. The van der Waals surface area contributed by atoms with Gasteiger partial charge in [-0.05, 0) is 27.2 Å². The van der Waals surface area contributed by atoms with Crippen LogP contribution in [0.3, 0.4) is 0 Å². The molecular formula is C11H18O4. The Morgan fingerprint density at radius 3 is 2.53 bits per heavy atom. The van der Waals surface area contributed by atoms with Gasteiger partial charge in [0.05, 0.1) is 29.8 Å². The fourth-order valence-corrected chi connectivity index (χ4v) is 2.83. The minimum Gasteiger partial charge on any atom is -0.466 e. The van der Waals surface area contributed by atoms with Crippen LogP contribution < -0.4 is 0 Å². The molecule has 2 aliphatic rings. The molecule has 0 aromatic carbocycles. The van der Waals surface area contributed by atoms with E-state index in [1.165, 1.54) is 0 Å². The highest BCUT2D eigenvalue weighted by molar-refractivity contribution is 5.75. The van der Waals surface area contributed by atoms with Crippen molar-refractivity contribution in [1.82, 2.24) is 0 Å². The van der Waals surface area contributed by atoms with Gasteiger partial charge in [-0.1, -0.05) is 0 Å². The quantitative estimate of drug-likeness (QED) is 0.693. The van der Waals surface area contributed by atoms with Gasteiger partial charge in [0.25, 0.3) is 0 Å². The maximum Gasteiger partial charge on any atom is 0.311 e. The van der Waals surface area contributed by atoms with Crippen LogP contribution in [0.25, 0.3) is 0 Å². The van der Waals surface area contributed by atoms with Gasteiger partial charge in [0.1, 0.15) is 0 Å². The van der Waals surface area contributed by atoms with Crippen LogP contribution in [0.2, 0.25) is 0 Å². The number of carbonyl (C=O) groups excluding carboxylic acids is 1. The standard InChI is InChI=1S/C11H18O4/c1-4-14-9(13)7-5-11(3)8(12)6-10(7,2)15-11/h7-8,12H,4-6H2,1-3H3. The summed E-state index contributed by atoms with van der Waals surface area (Å²) in [5.74, 6) is -0.429. The Balaban J connectivity index is 2.16. The molecule has 4 unspecified atom stereocenters. The fraction of sp³-hybridized carbons (Fsp3) is 0.909. The van der Waals surface area contributed by atoms with Crippen molar-refractivity contribution >= 4 is 5.97 Å². The molecule has 2 rings (SSSR count). The van der Waals surface area contributed by atoms with E-state index in [2.05, 4.69) is 0 Å². The molecule has 2 fully saturated rings. The van der Waals surface area contributed by atoms with Crippen molar-refractivity contribution in [2.75, 3.05) is 6.61 Å². The van der Waals surface area contributed by atoms with E-state index in [1.807, 2.05) is 13.8 Å². The minimum atomic E-state index is -0.563. The van der Waals surface area contributed by atoms with Crippen molar-refractivity contribution in [1.29, 1.82) is 0 Å². The molecule has 4 heteroatoms. The number of hydrogen-bond acceptors (Lipinski definition) is 4. The molecule has 2 bridgehead atoms. The third-order valence-corrected chi connectivity index (χ3v) is 3.69. The van der Waals surface area contributed by atoms with Crippen LogP contribution in [0.1, 0.15) is 33.6 Å². The zero-order chi connectivity index (χ0) is 11.3. The van der Waals surface area contributed by atoms with Gasteiger partial charge in [0.15, 0.2) is 0 Å². The Morgan fingerprint density at radius 1 is 1.47 bits per heavy atom. The molecule has 4 atom stereocenters. The van der Waals surface area contributed by atoms with Crippen LogP contribution in [0.4, 0.5) is 0 Å². The highest BCUT2D eigenvalue weighted by Crippen LogP contribution is 2.54.